The van der Waals surface area contributed by atoms with Gasteiger partial charge in [-0.25, -0.2) is 0 Å². The van der Waals surface area contributed by atoms with E-state index in [0.717, 1.165) is 22.3 Å². The summed E-state index contributed by atoms with van der Waals surface area (Å²) in [4.78, 5) is -0.325. The van der Waals surface area contributed by atoms with Crippen LogP contribution in [-0.2, 0) is 15.5 Å². The van der Waals surface area contributed by atoms with Crippen LogP contribution in [0.25, 0.3) is 0 Å². The normalized spacial score (nSPS) is 12.6. The van der Waals surface area contributed by atoms with Gasteiger partial charge in [-0.3, -0.25) is 4.55 Å². The lowest BCUT2D eigenvalue weighted by atomic mass is 9.65. The van der Waals surface area contributed by atoms with Crippen LogP contribution in [0.5, 0.6) is 17.2 Å². The summed E-state index contributed by atoms with van der Waals surface area (Å²) in [5, 5.41) is 11.8. The Labute approximate surface area is 229 Å². The Morgan fingerprint density at radius 1 is 0.692 bits per heavy atom. The quantitative estimate of drug-likeness (QED) is 0.193. The van der Waals surface area contributed by atoms with Crippen molar-refractivity contribution >= 4 is 10.1 Å². The summed E-state index contributed by atoms with van der Waals surface area (Å²) in [7, 11) is 0.191. The van der Waals surface area contributed by atoms with Crippen LogP contribution in [0.1, 0.15) is 40.3 Å². The number of aryl methyl sites for hydroxylation is 1. The average molecular weight is 549 g/mol. The molecule has 4 aromatic carbocycles. The maximum Gasteiger partial charge on any atom is 0.294 e. The molecule has 2 N–H and O–H groups in total. The van der Waals surface area contributed by atoms with Gasteiger partial charge in [-0.2, -0.15) is 8.42 Å². The predicted molar refractivity (Wildman–Crippen MR) is 149 cm³/mol. The molecule has 0 aliphatic carbocycles. The number of hydrogen-bond acceptors (Lipinski definition) is 6. The fourth-order valence-electron chi connectivity index (χ4n) is 5.04. The molecular weight excluding hydrogens is 516 g/mol. The summed E-state index contributed by atoms with van der Waals surface area (Å²) in [5.74, 6) is 2.01. The fraction of sp³-hybridized carbons (Fsp3) is 0.226. The highest BCUT2D eigenvalue weighted by Gasteiger charge is 2.40. The lowest BCUT2D eigenvalue weighted by Crippen LogP contribution is -2.32. The zero-order valence-electron chi connectivity index (χ0n) is 22.3. The average Bonchev–Trinajstić information content (AvgIpc) is 2.95. The van der Waals surface area contributed by atoms with Crippen LogP contribution < -0.4 is 14.2 Å². The van der Waals surface area contributed by atoms with E-state index < -0.39 is 21.6 Å². The number of aliphatic hydroxyl groups is 1. The molecule has 0 aliphatic heterocycles. The van der Waals surface area contributed by atoms with E-state index in [1.165, 1.54) is 6.07 Å². The second-order valence-electron chi connectivity index (χ2n) is 9.33. The second-order valence-corrected chi connectivity index (χ2v) is 10.7. The van der Waals surface area contributed by atoms with E-state index in [1.807, 2.05) is 72.8 Å². The molecule has 0 bridgehead atoms. The van der Waals surface area contributed by atoms with Crippen LogP contribution in [0.3, 0.4) is 0 Å². The summed E-state index contributed by atoms with van der Waals surface area (Å²) < 4.78 is 50.7. The molecule has 204 valence electrons. The first kappa shape index (κ1) is 28.2. The minimum atomic E-state index is -4.58. The molecule has 39 heavy (non-hydrogen) atoms. The van der Waals surface area contributed by atoms with Gasteiger partial charge < -0.3 is 19.3 Å². The SMILES string of the molecule is COc1ccc(C(CC(O)c2cc(C)ccc2S(=O)(=O)O)(c2ccc(OC)cc2)c2ccc(OC)cc2)cc1. The molecule has 0 saturated carbocycles. The van der Waals surface area contributed by atoms with Gasteiger partial charge in [-0.1, -0.05) is 54.1 Å². The fourth-order valence-corrected chi connectivity index (χ4v) is 5.78. The summed E-state index contributed by atoms with van der Waals surface area (Å²) in [6.07, 6.45) is -1.21. The maximum atomic E-state index is 12.3. The van der Waals surface area contributed by atoms with Crippen molar-refractivity contribution < 1.29 is 32.3 Å². The number of benzene rings is 4. The van der Waals surface area contributed by atoms with Gasteiger partial charge in [0.05, 0.1) is 32.3 Å². The topological polar surface area (TPSA) is 102 Å². The van der Waals surface area contributed by atoms with Crippen molar-refractivity contribution in [2.45, 2.75) is 29.8 Å². The number of ether oxygens (including phenoxy) is 3. The molecule has 1 atom stereocenters. The molecule has 1 unspecified atom stereocenters. The van der Waals surface area contributed by atoms with Crippen molar-refractivity contribution in [2.24, 2.45) is 0 Å². The van der Waals surface area contributed by atoms with E-state index in [0.29, 0.717) is 17.2 Å². The Morgan fingerprint density at radius 3 is 1.41 bits per heavy atom. The summed E-state index contributed by atoms with van der Waals surface area (Å²) in [6.45, 7) is 1.80. The Kier molecular flexibility index (Phi) is 8.30. The molecule has 0 amide bonds. The molecule has 0 aliphatic rings. The van der Waals surface area contributed by atoms with Gasteiger partial charge in [0.25, 0.3) is 10.1 Å². The maximum absolute atomic E-state index is 12.3. The van der Waals surface area contributed by atoms with Gasteiger partial charge in [0, 0.05) is 11.0 Å². The Morgan fingerprint density at radius 2 is 1.08 bits per heavy atom. The minimum Gasteiger partial charge on any atom is -0.497 e. The highest BCUT2D eigenvalue weighted by atomic mass is 32.2. The molecule has 0 radical (unpaired) electrons. The largest absolute Gasteiger partial charge is 0.497 e. The van der Waals surface area contributed by atoms with Crippen LogP contribution in [0.2, 0.25) is 0 Å². The van der Waals surface area contributed by atoms with E-state index >= 15 is 0 Å². The van der Waals surface area contributed by atoms with Crippen LogP contribution in [0.4, 0.5) is 0 Å². The number of hydrogen-bond donors (Lipinski definition) is 2. The second kappa shape index (κ2) is 11.5. The minimum absolute atomic E-state index is 0.0595. The van der Waals surface area contributed by atoms with Crippen LogP contribution >= 0.6 is 0 Å². The number of aliphatic hydroxyl groups excluding tert-OH is 1. The Hall–Kier alpha value is -3.85. The van der Waals surface area contributed by atoms with Crippen molar-refractivity contribution in [3.8, 4) is 17.2 Å². The van der Waals surface area contributed by atoms with Gasteiger partial charge in [-0.15, -0.1) is 0 Å². The lowest BCUT2D eigenvalue weighted by Gasteiger charge is -2.38. The van der Waals surface area contributed by atoms with E-state index in [2.05, 4.69) is 0 Å². The van der Waals surface area contributed by atoms with E-state index in [-0.39, 0.29) is 16.9 Å². The number of methoxy groups -OCH3 is 3. The molecule has 7 nitrogen and oxygen atoms in total. The lowest BCUT2D eigenvalue weighted by molar-refractivity contribution is 0.146. The smallest absolute Gasteiger partial charge is 0.294 e. The predicted octanol–water partition coefficient (Wildman–Crippen LogP) is 5.73. The molecule has 0 aromatic heterocycles. The van der Waals surface area contributed by atoms with Crippen molar-refractivity contribution in [3.63, 3.8) is 0 Å². The Balaban J connectivity index is 2.01. The highest BCUT2D eigenvalue weighted by molar-refractivity contribution is 7.85. The standard InChI is InChI=1S/C31H32O7S/c1-21-5-18-30(39(33,34)35)28(19-21)29(32)20-31(22-6-12-25(36-2)13-7-22,23-8-14-26(37-3)15-9-23)24-10-16-27(38-4)17-11-24/h5-19,29,32H,20H2,1-4H3,(H,33,34,35). The van der Waals surface area contributed by atoms with Crippen LogP contribution in [0, 0.1) is 6.92 Å². The third kappa shape index (κ3) is 5.78. The molecule has 4 rings (SSSR count). The first-order valence-corrected chi connectivity index (χ1v) is 13.8. The van der Waals surface area contributed by atoms with Gasteiger partial charge >= 0.3 is 0 Å². The van der Waals surface area contributed by atoms with Crippen molar-refractivity contribution in [2.75, 3.05) is 21.3 Å². The third-order valence-electron chi connectivity index (χ3n) is 7.05. The van der Waals surface area contributed by atoms with Crippen molar-refractivity contribution in [1.82, 2.24) is 0 Å². The van der Waals surface area contributed by atoms with Crippen molar-refractivity contribution in [1.29, 1.82) is 0 Å². The van der Waals surface area contributed by atoms with E-state index in [9.17, 15) is 18.1 Å². The first-order valence-electron chi connectivity index (χ1n) is 12.3. The highest BCUT2D eigenvalue weighted by Crippen LogP contribution is 2.47. The van der Waals surface area contributed by atoms with Crippen molar-refractivity contribution in [3.05, 3.63) is 119 Å². The Bertz CT molecular complexity index is 1400. The van der Waals surface area contributed by atoms with Gasteiger partial charge in [0.1, 0.15) is 17.2 Å². The summed E-state index contributed by atoms with van der Waals surface area (Å²) >= 11 is 0. The molecule has 0 fully saturated rings. The molecule has 0 saturated heterocycles. The van der Waals surface area contributed by atoms with Crippen LogP contribution in [-0.4, -0.2) is 39.4 Å². The monoisotopic (exact) mass is 548 g/mol. The zero-order valence-corrected chi connectivity index (χ0v) is 23.1. The first-order chi connectivity index (χ1) is 18.6. The van der Waals surface area contributed by atoms with E-state index in [4.69, 9.17) is 14.2 Å². The van der Waals surface area contributed by atoms with Gasteiger partial charge in [-0.05, 0) is 72.5 Å². The van der Waals surface area contributed by atoms with E-state index in [1.54, 1.807) is 40.4 Å². The molecule has 0 heterocycles. The molecule has 4 aromatic rings. The number of rotatable bonds is 10. The van der Waals surface area contributed by atoms with Gasteiger partial charge in [0.15, 0.2) is 0 Å². The van der Waals surface area contributed by atoms with Gasteiger partial charge in [0.2, 0.25) is 0 Å². The third-order valence-corrected chi connectivity index (χ3v) is 7.98. The molecule has 0 spiro atoms. The molecule has 8 heteroatoms. The molecular formula is C31H32O7S. The van der Waals surface area contributed by atoms with Crippen LogP contribution in [0.15, 0.2) is 95.9 Å². The summed E-state index contributed by atoms with van der Waals surface area (Å²) in [5.41, 5.74) is 2.46. The summed E-state index contributed by atoms with van der Waals surface area (Å²) in [6, 6.07) is 27.2. The zero-order chi connectivity index (χ0) is 28.2.